The number of hydrogen-bond donors (Lipinski definition) is 2. The van der Waals surface area contributed by atoms with Gasteiger partial charge in [0.25, 0.3) is 0 Å². The average molecular weight is 234 g/mol. The van der Waals surface area contributed by atoms with Gasteiger partial charge in [-0.2, -0.15) is 5.10 Å². The lowest BCUT2D eigenvalue weighted by molar-refractivity contribution is 0.144. The molecule has 0 amide bonds. The van der Waals surface area contributed by atoms with Crippen LogP contribution in [0.3, 0.4) is 0 Å². The van der Waals surface area contributed by atoms with E-state index in [1.807, 2.05) is 18.2 Å². The highest BCUT2D eigenvalue weighted by atomic mass is 16.5. The Bertz CT molecular complexity index is 444. The van der Waals surface area contributed by atoms with Crippen LogP contribution in [0.25, 0.3) is 0 Å². The first-order valence-electron chi connectivity index (χ1n) is 5.22. The minimum absolute atomic E-state index is 0.483. The maximum atomic E-state index is 5.40. The van der Waals surface area contributed by atoms with Gasteiger partial charge in [-0.15, -0.1) is 0 Å². The number of nitrogens with one attached hydrogen (secondary N) is 2. The van der Waals surface area contributed by atoms with Crippen molar-refractivity contribution < 1.29 is 9.47 Å². The summed E-state index contributed by atoms with van der Waals surface area (Å²) in [5.74, 6) is 1.38. The summed E-state index contributed by atoms with van der Waals surface area (Å²) in [6.07, 6.45) is 3.36. The van der Waals surface area contributed by atoms with Gasteiger partial charge in [0.05, 0.1) is 12.8 Å². The van der Waals surface area contributed by atoms with Crippen LogP contribution in [0.15, 0.2) is 30.6 Å². The van der Waals surface area contributed by atoms with Crippen molar-refractivity contribution in [1.82, 2.24) is 15.2 Å². The quantitative estimate of drug-likeness (QED) is 0.742. The van der Waals surface area contributed by atoms with Gasteiger partial charge in [0.2, 0.25) is 5.88 Å². The molecule has 0 saturated heterocycles. The fourth-order valence-electron chi connectivity index (χ4n) is 1.28. The summed E-state index contributed by atoms with van der Waals surface area (Å²) in [5.41, 5.74) is 0.886. The van der Waals surface area contributed by atoms with Crippen molar-refractivity contribution in [2.45, 2.75) is 0 Å². The lowest BCUT2D eigenvalue weighted by atomic mass is 10.4. The zero-order chi connectivity index (χ0) is 11.9. The van der Waals surface area contributed by atoms with Crippen LogP contribution >= 0.6 is 0 Å². The van der Waals surface area contributed by atoms with E-state index in [2.05, 4.69) is 20.5 Å². The number of ether oxygens (including phenoxy) is 2. The standard InChI is InChI=1S/C11H14N4O2/c1-16-6-7-17-11-8-9(2-4-12-11)14-10-3-5-13-15-10/h2-5,8H,6-7H2,1H3,(H2,12,13,14,15). The predicted octanol–water partition coefficient (Wildman–Crippen LogP) is 1.57. The monoisotopic (exact) mass is 234 g/mol. The molecule has 0 bridgehead atoms. The molecule has 0 aromatic carbocycles. The molecule has 0 saturated carbocycles. The Balaban J connectivity index is 1.96. The zero-order valence-corrected chi connectivity index (χ0v) is 9.51. The van der Waals surface area contributed by atoms with Gasteiger partial charge in [-0.3, -0.25) is 5.10 Å². The maximum absolute atomic E-state index is 5.40. The Morgan fingerprint density at radius 2 is 2.24 bits per heavy atom. The minimum atomic E-state index is 0.483. The molecule has 90 valence electrons. The van der Waals surface area contributed by atoms with Crippen LogP contribution in [0, 0.1) is 0 Å². The molecule has 6 nitrogen and oxygen atoms in total. The number of aromatic amines is 1. The molecule has 0 radical (unpaired) electrons. The molecule has 0 aliphatic carbocycles. The molecule has 0 atom stereocenters. The Morgan fingerprint density at radius 3 is 3.00 bits per heavy atom. The SMILES string of the molecule is COCCOc1cc(Nc2ccn[nH]2)ccn1. The highest BCUT2D eigenvalue weighted by molar-refractivity contribution is 5.56. The number of nitrogens with zero attached hydrogens (tertiary/aromatic N) is 2. The highest BCUT2D eigenvalue weighted by Crippen LogP contribution is 2.17. The third kappa shape index (κ3) is 3.46. The number of aromatic nitrogens is 3. The molecule has 2 N–H and O–H groups in total. The van der Waals surface area contributed by atoms with Crippen molar-refractivity contribution in [3.63, 3.8) is 0 Å². The normalized spacial score (nSPS) is 10.2. The largest absolute Gasteiger partial charge is 0.475 e. The van der Waals surface area contributed by atoms with E-state index in [1.54, 1.807) is 19.5 Å². The molecule has 0 aliphatic heterocycles. The fourth-order valence-corrected chi connectivity index (χ4v) is 1.28. The number of hydrogen-bond acceptors (Lipinski definition) is 5. The van der Waals surface area contributed by atoms with Crippen LogP contribution in [0.2, 0.25) is 0 Å². The van der Waals surface area contributed by atoms with Crippen LogP contribution < -0.4 is 10.1 Å². The number of anilines is 2. The van der Waals surface area contributed by atoms with E-state index < -0.39 is 0 Å². The third-order valence-electron chi connectivity index (χ3n) is 2.05. The van der Waals surface area contributed by atoms with Crippen LogP contribution in [-0.4, -0.2) is 35.5 Å². The smallest absolute Gasteiger partial charge is 0.215 e. The van der Waals surface area contributed by atoms with Gasteiger partial charge in [-0.25, -0.2) is 4.98 Å². The molecule has 0 unspecified atom stereocenters. The van der Waals surface area contributed by atoms with Gasteiger partial charge in [0.15, 0.2) is 0 Å². The molecule has 0 fully saturated rings. The minimum Gasteiger partial charge on any atom is -0.475 e. The molecule has 0 spiro atoms. The summed E-state index contributed by atoms with van der Waals surface area (Å²) in [6, 6.07) is 5.51. The number of rotatable bonds is 6. The predicted molar refractivity (Wildman–Crippen MR) is 63.5 cm³/mol. The molecular weight excluding hydrogens is 220 g/mol. The maximum Gasteiger partial charge on any atom is 0.215 e. The number of pyridine rings is 1. The van der Waals surface area contributed by atoms with E-state index in [0.717, 1.165) is 11.5 Å². The summed E-state index contributed by atoms with van der Waals surface area (Å²) in [5, 5.41) is 9.81. The molecule has 0 aliphatic rings. The number of H-pyrrole nitrogens is 1. The molecule has 2 aromatic rings. The van der Waals surface area contributed by atoms with Crippen molar-refractivity contribution in [3.8, 4) is 5.88 Å². The van der Waals surface area contributed by atoms with Gasteiger partial charge in [-0.05, 0) is 6.07 Å². The zero-order valence-electron chi connectivity index (χ0n) is 9.51. The average Bonchev–Trinajstić information content (AvgIpc) is 2.83. The van der Waals surface area contributed by atoms with Crippen LogP contribution in [0.5, 0.6) is 5.88 Å². The topological polar surface area (TPSA) is 72.1 Å². The Hall–Kier alpha value is -2.08. The molecule has 2 aromatic heterocycles. The van der Waals surface area contributed by atoms with Gasteiger partial charge in [0, 0.05) is 31.1 Å². The Morgan fingerprint density at radius 1 is 1.29 bits per heavy atom. The van der Waals surface area contributed by atoms with Gasteiger partial charge >= 0.3 is 0 Å². The van der Waals surface area contributed by atoms with Crippen LogP contribution in [-0.2, 0) is 4.74 Å². The second-order valence-electron chi connectivity index (χ2n) is 3.32. The third-order valence-corrected chi connectivity index (χ3v) is 2.05. The number of methoxy groups -OCH3 is 1. The highest BCUT2D eigenvalue weighted by Gasteiger charge is 1.99. The molecule has 2 heterocycles. The first-order valence-corrected chi connectivity index (χ1v) is 5.22. The second-order valence-corrected chi connectivity index (χ2v) is 3.32. The Kier molecular flexibility index (Phi) is 3.93. The van der Waals surface area contributed by atoms with E-state index in [1.165, 1.54) is 0 Å². The molecule has 2 rings (SSSR count). The van der Waals surface area contributed by atoms with E-state index in [-0.39, 0.29) is 0 Å². The van der Waals surface area contributed by atoms with Crippen molar-refractivity contribution in [2.24, 2.45) is 0 Å². The van der Waals surface area contributed by atoms with Crippen LogP contribution in [0.4, 0.5) is 11.5 Å². The van der Waals surface area contributed by atoms with Crippen LogP contribution in [0.1, 0.15) is 0 Å². The lowest BCUT2D eigenvalue weighted by Gasteiger charge is -2.07. The fraction of sp³-hybridized carbons (Fsp3) is 0.273. The van der Waals surface area contributed by atoms with Gasteiger partial charge in [0.1, 0.15) is 12.4 Å². The van der Waals surface area contributed by atoms with E-state index >= 15 is 0 Å². The Labute approximate surface area is 99.0 Å². The van der Waals surface area contributed by atoms with Crippen molar-refractivity contribution in [1.29, 1.82) is 0 Å². The molecule has 6 heteroatoms. The lowest BCUT2D eigenvalue weighted by Crippen LogP contribution is -2.05. The van der Waals surface area contributed by atoms with E-state index in [9.17, 15) is 0 Å². The van der Waals surface area contributed by atoms with Crippen molar-refractivity contribution in [2.75, 3.05) is 25.6 Å². The first kappa shape index (κ1) is 11.4. The summed E-state index contributed by atoms with van der Waals surface area (Å²) >= 11 is 0. The summed E-state index contributed by atoms with van der Waals surface area (Å²) in [4.78, 5) is 4.10. The van der Waals surface area contributed by atoms with E-state index in [0.29, 0.717) is 19.1 Å². The summed E-state index contributed by atoms with van der Waals surface area (Å²) < 4.78 is 10.3. The first-order chi connectivity index (χ1) is 8.38. The van der Waals surface area contributed by atoms with E-state index in [4.69, 9.17) is 9.47 Å². The van der Waals surface area contributed by atoms with Crippen molar-refractivity contribution >= 4 is 11.5 Å². The molecule has 17 heavy (non-hydrogen) atoms. The summed E-state index contributed by atoms with van der Waals surface area (Å²) in [6.45, 7) is 1.02. The van der Waals surface area contributed by atoms with Gasteiger partial charge in [-0.1, -0.05) is 0 Å². The van der Waals surface area contributed by atoms with Crippen molar-refractivity contribution in [3.05, 3.63) is 30.6 Å². The second kappa shape index (κ2) is 5.86. The molecular formula is C11H14N4O2. The van der Waals surface area contributed by atoms with Gasteiger partial charge < -0.3 is 14.8 Å². The summed E-state index contributed by atoms with van der Waals surface area (Å²) in [7, 11) is 1.63.